The summed E-state index contributed by atoms with van der Waals surface area (Å²) in [5.74, 6) is 0.0882. The molecule has 26 heavy (non-hydrogen) atoms. The van der Waals surface area contributed by atoms with Crippen LogP contribution in [0.5, 0.6) is 0 Å². The lowest BCUT2D eigenvalue weighted by Gasteiger charge is -2.16. The maximum absolute atomic E-state index is 13.1. The third kappa shape index (κ3) is 3.97. The van der Waals surface area contributed by atoms with Crippen LogP contribution in [0.3, 0.4) is 0 Å². The molecule has 0 saturated heterocycles. The van der Waals surface area contributed by atoms with E-state index in [2.05, 4.69) is 9.71 Å². The summed E-state index contributed by atoms with van der Waals surface area (Å²) in [6.07, 6.45) is 0. The molecule has 0 aliphatic heterocycles. The van der Waals surface area contributed by atoms with Crippen molar-refractivity contribution in [3.8, 4) is 11.3 Å². The molecule has 0 aliphatic rings. The topological polar surface area (TPSA) is 59.1 Å². The van der Waals surface area contributed by atoms with E-state index in [1.54, 1.807) is 23.5 Å². The minimum Gasteiger partial charge on any atom is -0.280 e. The van der Waals surface area contributed by atoms with Crippen molar-refractivity contribution in [3.05, 3.63) is 64.0 Å². The van der Waals surface area contributed by atoms with E-state index in [1.165, 1.54) is 0 Å². The number of rotatable bonds is 5. The molecule has 1 aromatic heterocycles. The van der Waals surface area contributed by atoms with E-state index < -0.39 is 10.0 Å². The standard InChI is InChI=1S/C20H22N2O2S2/c1-13(2)18-9-8-16(19-12-25-15(4)21-19)11-20(18)26(23,24)22-17-7-5-6-14(3)10-17/h5-13,22H,1-4H3. The molecule has 1 heterocycles. The highest BCUT2D eigenvalue weighted by Crippen LogP contribution is 2.31. The van der Waals surface area contributed by atoms with Crippen LogP contribution >= 0.6 is 11.3 Å². The number of hydrogen-bond donors (Lipinski definition) is 1. The smallest absolute Gasteiger partial charge is 0.262 e. The summed E-state index contributed by atoms with van der Waals surface area (Å²) in [5.41, 5.74) is 3.97. The van der Waals surface area contributed by atoms with Gasteiger partial charge >= 0.3 is 0 Å². The van der Waals surface area contributed by atoms with E-state index in [0.717, 1.165) is 27.4 Å². The van der Waals surface area contributed by atoms with Crippen molar-refractivity contribution < 1.29 is 8.42 Å². The van der Waals surface area contributed by atoms with Crippen LogP contribution in [-0.4, -0.2) is 13.4 Å². The lowest BCUT2D eigenvalue weighted by Crippen LogP contribution is -2.16. The molecular formula is C20H22N2O2S2. The maximum Gasteiger partial charge on any atom is 0.262 e. The van der Waals surface area contributed by atoms with E-state index >= 15 is 0 Å². The van der Waals surface area contributed by atoms with E-state index in [0.29, 0.717) is 10.6 Å². The average molecular weight is 387 g/mol. The Balaban J connectivity index is 2.08. The van der Waals surface area contributed by atoms with Crippen molar-refractivity contribution in [1.82, 2.24) is 4.98 Å². The fraction of sp³-hybridized carbons (Fsp3) is 0.250. The Morgan fingerprint density at radius 2 is 1.85 bits per heavy atom. The number of thiazole rings is 1. The summed E-state index contributed by atoms with van der Waals surface area (Å²) in [7, 11) is -3.70. The molecule has 1 N–H and O–H groups in total. The number of aryl methyl sites for hydroxylation is 2. The first-order valence-corrected chi connectivity index (χ1v) is 10.8. The first-order valence-electron chi connectivity index (χ1n) is 8.42. The van der Waals surface area contributed by atoms with Crippen molar-refractivity contribution in [3.63, 3.8) is 0 Å². The van der Waals surface area contributed by atoms with E-state index in [4.69, 9.17) is 0 Å². The van der Waals surface area contributed by atoms with E-state index in [1.807, 2.05) is 63.4 Å². The van der Waals surface area contributed by atoms with E-state index in [-0.39, 0.29) is 5.92 Å². The highest BCUT2D eigenvalue weighted by Gasteiger charge is 2.22. The van der Waals surface area contributed by atoms with Gasteiger partial charge in [0.1, 0.15) is 0 Å². The molecule has 0 fully saturated rings. The molecule has 0 unspecified atom stereocenters. The molecule has 3 aromatic rings. The lowest BCUT2D eigenvalue weighted by molar-refractivity contribution is 0.599. The van der Waals surface area contributed by atoms with Gasteiger partial charge in [-0.25, -0.2) is 13.4 Å². The highest BCUT2D eigenvalue weighted by atomic mass is 32.2. The Morgan fingerprint density at radius 1 is 1.08 bits per heavy atom. The zero-order chi connectivity index (χ0) is 18.9. The number of anilines is 1. The van der Waals surface area contributed by atoms with Gasteiger partial charge in [-0.1, -0.05) is 38.1 Å². The number of aromatic nitrogens is 1. The van der Waals surface area contributed by atoms with Crippen molar-refractivity contribution >= 4 is 27.0 Å². The van der Waals surface area contributed by atoms with Gasteiger partial charge in [-0.3, -0.25) is 4.72 Å². The Hall–Kier alpha value is -2.18. The third-order valence-electron chi connectivity index (χ3n) is 4.11. The van der Waals surface area contributed by atoms with Gasteiger partial charge in [-0.05, 0) is 49.1 Å². The van der Waals surface area contributed by atoms with Gasteiger partial charge in [-0.15, -0.1) is 11.3 Å². The summed E-state index contributed by atoms with van der Waals surface area (Å²) >= 11 is 1.55. The fourth-order valence-electron chi connectivity index (χ4n) is 2.82. The second-order valence-corrected chi connectivity index (χ2v) is 9.35. The predicted molar refractivity (Wildman–Crippen MR) is 108 cm³/mol. The SMILES string of the molecule is Cc1cccc(NS(=O)(=O)c2cc(-c3csc(C)n3)ccc2C(C)C)c1. The lowest BCUT2D eigenvalue weighted by atomic mass is 10.0. The van der Waals surface area contributed by atoms with Gasteiger partial charge in [0.15, 0.2) is 0 Å². The number of nitrogens with one attached hydrogen (secondary N) is 1. The Labute approximate surface area is 159 Å². The molecule has 2 aromatic carbocycles. The predicted octanol–water partition coefficient (Wildman–Crippen LogP) is 5.35. The van der Waals surface area contributed by atoms with Crippen LogP contribution in [0.4, 0.5) is 5.69 Å². The quantitative estimate of drug-likeness (QED) is 0.643. The zero-order valence-corrected chi connectivity index (χ0v) is 16.9. The molecular weight excluding hydrogens is 364 g/mol. The molecule has 0 amide bonds. The van der Waals surface area contributed by atoms with Gasteiger partial charge < -0.3 is 0 Å². The Morgan fingerprint density at radius 3 is 2.46 bits per heavy atom. The summed E-state index contributed by atoms with van der Waals surface area (Å²) < 4.78 is 28.9. The van der Waals surface area contributed by atoms with Crippen LogP contribution < -0.4 is 4.72 Å². The Bertz CT molecular complexity index is 1040. The monoisotopic (exact) mass is 386 g/mol. The maximum atomic E-state index is 13.1. The van der Waals surface area contributed by atoms with Crippen molar-refractivity contribution in [1.29, 1.82) is 0 Å². The van der Waals surface area contributed by atoms with Crippen LogP contribution in [0.25, 0.3) is 11.3 Å². The van der Waals surface area contributed by atoms with E-state index in [9.17, 15) is 8.42 Å². The number of nitrogens with zero attached hydrogens (tertiary/aromatic N) is 1. The highest BCUT2D eigenvalue weighted by molar-refractivity contribution is 7.92. The van der Waals surface area contributed by atoms with Crippen LogP contribution in [0, 0.1) is 13.8 Å². The summed E-state index contributed by atoms with van der Waals surface area (Å²) in [4.78, 5) is 4.78. The fourth-order valence-corrected chi connectivity index (χ4v) is 4.88. The van der Waals surface area contributed by atoms with Crippen LogP contribution in [0.15, 0.2) is 52.7 Å². The minimum atomic E-state index is -3.70. The van der Waals surface area contributed by atoms with Gasteiger partial charge in [0.2, 0.25) is 0 Å². The van der Waals surface area contributed by atoms with Crippen LogP contribution in [0.1, 0.15) is 35.9 Å². The molecule has 0 spiro atoms. The first kappa shape index (κ1) is 18.6. The summed E-state index contributed by atoms with van der Waals surface area (Å²) in [6.45, 7) is 7.86. The second-order valence-electron chi connectivity index (χ2n) is 6.63. The van der Waals surface area contributed by atoms with Gasteiger partial charge in [0, 0.05) is 16.6 Å². The minimum absolute atomic E-state index is 0.0882. The number of benzene rings is 2. The molecule has 0 aliphatic carbocycles. The van der Waals surface area contributed by atoms with Crippen molar-refractivity contribution in [2.45, 2.75) is 38.5 Å². The molecule has 0 atom stereocenters. The third-order valence-corrected chi connectivity index (χ3v) is 6.32. The van der Waals surface area contributed by atoms with Crippen molar-refractivity contribution in [2.75, 3.05) is 4.72 Å². The van der Waals surface area contributed by atoms with Gasteiger partial charge in [0.25, 0.3) is 10.0 Å². The number of hydrogen-bond acceptors (Lipinski definition) is 4. The molecule has 4 nitrogen and oxygen atoms in total. The van der Waals surface area contributed by atoms with Crippen LogP contribution in [0.2, 0.25) is 0 Å². The van der Waals surface area contributed by atoms with Gasteiger partial charge in [0.05, 0.1) is 15.6 Å². The Kier molecular flexibility index (Phi) is 5.16. The second kappa shape index (κ2) is 7.21. The number of sulfonamides is 1. The molecule has 3 rings (SSSR count). The zero-order valence-electron chi connectivity index (χ0n) is 15.3. The average Bonchev–Trinajstić information content (AvgIpc) is 3.00. The molecule has 0 bridgehead atoms. The normalized spacial score (nSPS) is 11.7. The largest absolute Gasteiger partial charge is 0.280 e. The molecule has 136 valence electrons. The van der Waals surface area contributed by atoms with Crippen LogP contribution in [-0.2, 0) is 10.0 Å². The van der Waals surface area contributed by atoms with Gasteiger partial charge in [-0.2, -0.15) is 0 Å². The van der Waals surface area contributed by atoms with Crippen molar-refractivity contribution in [2.24, 2.45) is 0 Å². The molecule has 6 heteroatoms. The first-order chi connectivity index (χ1) is 12.3. The summed E-state index contributed by atoms with van der Waals surface area (Å²) in [6, 6.07) is 12.9. The summed E-state index contributed by atoms with van der Waals surface area (Å²) in [5, 5.41) is 2.90. The molecule has 0 radical (unpaired) electrons. The molecule has 0 saturated carbocycles.